The molecule has 0 spiro atoms. The van der Waals surface area contributed by atoms with Crippen LogP contribution in [0.1, 0.15) is 20.8 Å². The van der Waals surface area contributed by atoms with Crippen LogP contribution in [0.4, 0.5) is 0 Å². The lowest BCUT2D eigenvalue weighted by Gasteiger charge is -2.37. The van der Waals surface area contributed by atoms with E-state index in [9.17, 15) is 4.79 Å². The Kier molecular flexibility index (Phi) is 4.20. The van der Waals surface area contributed by atoms with Crippen molar-refractivity contribution in [1.82, 2.24) is 9.80 Å². The molecular formula is C10H19ClN2O. The van der Waals surface area contributed by atoms with Gasteiger partial charge in [0.1, 0.15) is 5.38 Å². The summed E-state index contributed by atoms with van der Waals surface area (Å²) < 4.78 is 0. The molecule has 1 rings (SSSR count). The summed E-state index contributed by atoms with van der Waals surface area (Å²) in [6.07, 6.45) is 0. The molecule has 0 aromatic rings. The van der Waals surface area contributed by atoms with Crippen molar-refractivity contribution < 1.29 is 4.79 Å². The van der Waals surface area contributed by atoms with Crippen LogP contribution < -0.4 is 0 Å². The Bertz CT molecular complexity index is 198. The van der Waals surface area contributed by atoms with Crippen molar-refractivity contribution >= 4 is 17.5 Å². The summed E-state index contributed by atoms with van der Waals surface area (Å²) >= 11 is 5.76. The van der Waals surface area contributed by atoms with Crippen molar-refractivity contribution in [3.8, 4) is 0 Å². The summed E-state index contributed by atoms with van der Waals surface area (Å²) in [6, 6.07) is 0.570. The molecule has 0 N–H and O–H groups in total. The molecule has 0 saturated carbocycles. The van der Waals surface area contributed by atoms with E-state index in [0.717, 1.165) is 26.2 Å². The largest absolute Gasteiger partial charge is 0.339 e. The van der Waals surface area contributed by atoms with Crippen LogP contribution in [-0.4, -0.2) is 53.3 Å². The highest BCUT2D eigenvalue weighted by atomic mass is 35.5. The van der Waals surface area contributed by atoms with Gasteiger partial charge in [-0.25, -0.2) is 0 Å². The number of hydrogen-bond donors (Lipinski definition) is 0. The minimum absolute atomic E-state index is 0.0649. The van der Waals surface area contributed by atoms with Gasteiger partial charge in [-0.05, 0) is 20.8 Å². The number of halogens is 1. The fourth-order valence-electron chi connectivity index (χ4n) is 1.71. The Morgan fingerprint density at radius 1 is 1.14 bits per heavy atom. The lowest BCUT2D eigenvalue weighted by molar-refractivity contribution is -0.132. The maximum Gasteiger partial charge on any atom is 0.240 e. The number of amides is 1. The van der Waals surface area contributed by atoms with E-state index < -0.39 is 0 Å². The average molecular weight is 219 g/mol. The molecule has 0 aliphatic carbocycles. The topological polar surface area (TPSA) is 23.6 Å². The molecule has 82 valence electrons. The minimum Gasteiger partial charge on any atom is -0.339 e. The number of rotatable bonds is 2. The first-order chi connectivity index (χ1) is 6.52. The van der Waals surface area contributed by atoms with Gasteiger partial charge >= 0.3 is 0 Å². The number of carbonyl (C=O) groups excluding carboxylic acids is 1. The lowest BCUT2D eigenvalue weighted by Crippen LogP contribution is -2.52. The Morgan fingerprint density at radius 2 is 1.64 bits per heavy atom. The van der Waals surface area contributed by atoms with Gasteiger partial charge in [-0.3, -0.25) is 9.69 Å². The van der Waals surface area contributed by atoms with Gasteiger partial charge in [0.15, 0.2) is 0 Å². The molecular weight excluding hydrogens is 200 g/mol. The van der Waals surface area contributed by atoms with E-state index in [2.05, 4.69) is 18.7 Å². The second-order valence-electron chi connectivity index (χ2n) is 4.07. The second kappa shape index (κ2) is 4.99. The third-order valence-corrected chi connectivity index (χ3v) is 2.88. The maximum absolute atomic E-state index is 11.5. The van der Waals surface area contributed by atoms with E-state index in [-0.39, 0.29) is 11.3 Å². The number of carbonyl (C=O) groups is 1. The average Bonchev–Trinajstić information content (AvgIpc) is 2.16. The normalized spacial score (nSPS) is 21.4. The summed E-state index contributed by atoms with van der Waals surface area (Å²) in [5.41, 5.74) is 0. The van der Waals surface area contributed by atoms with Crippen molar-refractivity contribution in [2.24, 2.45) is 0 Å². The number of piperazine rings is 1. The zero-order valence-electron chi connectivity index (χ0n) is 9.16. The van der Waals surface area contributed by atoms with E-state index in [4.69, 9.17) is 11.6 Å². The van der Waals surface area contributed by atoms with Gasteiger partial charge in [0.2, 0.25) is 5.91 Å². The molecule has 1 heterocycles. The van der Waals surface area contributed by atoms with Crippen LogP contribution in [0.5, 0.6) is 0 Å². The van der Waals surface area contributed by atoms with Gasteiger partial charge < -0.3 is 4.90 Å². The smallest absolute Gasteiger partial charge is 0.240 e. The SMILES string of the molecule is CC(C)N1CCN(C(=O)[C@H](C)Cl)CC1. The van der Waals surface area contributed by atoms with Crippen molar-refractivity contribution in [2.45, 2.75) is 32.2 Å². The lowest BCUT2D eigenvalue weighted by atomic mass is 10.2. The van der Waals surface area contributed by atoms with Crippen LogP contribution in [0.2, 0.25) is 0 Å². The molecule has 1 saturated heterocycles. The predicted molar refractivity (Wildman–Crippen MR) is 58.6 cm³/mol. The summed E-state index contributed by atoms with van der Waals surface area (Å²) in [5.74, 6) is 0.0649. The molecule has 1 amide bonds. The van der Waals surface area contributed by atoms with Crippen LogP contribution in [0.25, 0.3) is 0 Å². The van der Waals surface area contributed by atoms with Gasteiger partial charge in [-0.15, -0.1) is 11.6 Å². The molecule has 14 heavy (non-hydrogen) atoms. The second-order valence-corrected chi connectivity index (χ2v) is 4.73. The van der Waals surface area contributed by atoms with E-state index in [0.29, 0.717) is 6.04 Å². The number of hydrogen-bond acceptors (Lipinski definition) is 2. The van der Waals surface area contributed by atoms with E-state index in [1.54, 1.807) is 6.92 Å². The molecule has 1 atom stereocenters. The summed E-state index contributed by atoms with van der Waals surface area (Å²) in [4.78, 5) is 15.8. The Morgan fingerprint density at radius 3 is 2.00 bits per heavy atom. The van der Waals surface area contributed by atoms with Crippen LogP contribution in [0.3, 0.4) is 0 Å². The molecule has 1 aliphatic heterocycles. The molecule has 1 fully saturated rings. The van der Waals surface area contributed by atoms with Gasteiger partial charge in [0, 0.05) is 32.2 Å². The minimum atomic E-state index is -0.388. The van der Waals surface area contributed by atoms with Gasteiger partial charge in [-0.1, -0.05) is 0 Å². The van der Waals surface area contributed by atoms with Crippen molar-refractivity contribution in [3.05, 3.63) is 0 Å². The van der Waals surface area contributed by atoms with E-state index in [1.165, 1.54) is 0 Å². The number of alkyl halides is 1. The first kappa shape index (κ1) is 11.8. The van der Waals surface area contributed by atoms with E-state index >= 15 is 0 Å². The summed E-state index contributed by atoms with van der Waals surface area (Å²) in [6.45, 7) is 9.66. The highest BCUT2D eigenvalue weighted by Crippen LogP contribution is 2.08. The third-order valence-electron chi connectivity index (χ3n) is 2.70. The summed E-state index contributed by atoms with van der Waals surface area (Å²) in [5, 5.41) is -0.388. The zero-order valence-corrected chi connectivity index (χ0v) is 9.92. The van der Waals surface area contributed by atoms with Crippen molar-refractivity contribution in [1.29, 1.82) is 0 Å². The Balaban J connectivity index is 2.39. The van der Waals surface area contributed by atoms with Crippen LogP contribution in [-0.2, 0) is 4.79 Å². The van der Waals surface area contributed by atoms with Crippen molar-refractivity contribution in [2.75, 3.05) is 26.2 Å². The van der Waals surface area contributed by atoms with E-state index in [1.807, 2.05) is 4.90 Å². The highest BCUT2D eigenvalue weighted by molar-refractivity contribution is 6.30. The highest BCUT2D eigenvalue weighted by Gasteiger charge is 2.24. The predicted octanol–water partition coefficient (Wildman–Crippen LogP) is 1.17. The molecule has 0 radical (unpaired) electrons. The fourth-order valence-corrected chi connectivity index (χ4v) is 1.85. The quantitative estimate of drug-likeness (QED) is 0.650. The molecule has 0 aromatic carbocycles. The fraction of sp³-hybridized carbons (Fsp3) is 0.900. The van der Waals surface area contributed by atoms with Crippen LogP contribution >= 0.6 is 11.6 Å². The van der Waals surface area contributed by atoms with Crippen molar-refractivity contribution in [3.63, 3.8) is 0 Å². The maximum atomic E-state index is 11.5. The Labute approximate surface area is 91.0 Å². The molecule has 4 heteroatoms. The van der Waals surface area contributed by atoms with Gasteiger partial charge in [0.25, 0.3) is 0 Å². The number of nitrogens with zero attached hydrogens (tertiary/aromatic N) is 2. The first-order valence-electron chi connectivity index (χ1n) is 5.19. The molecule has 0 bridgehead atoms. The van der Waals surface area contributed by atoms with Gasteiger partial charge in [-0.2, -0.15) is 0 Å². The van der Waals surface area contributed by atoms with Crippen LogP contribution in [0.15, 0.2) is 0 Å². The summed E-state index contributed by atoms with van der Waals surface area (Å²) in [7, 11) is 0. The standard InChI is InChI=1S/C10H19ClN2O/c1-8(2)12-4-6-13(7-5-12)10(14)9(3)11/h8-9H,4-7H2,1-3H3/t9-/m0/s1. The molecule has 1 aliphatic rings. The van der Waals surface area contributed by atoms with Gasteiger partial charge in [0.05, 0.1) is 0 Å². The zero-order chi connectivity index (χ0) is 10.7. The molecule has 0 aromatic heterocycles. The molecule has 0 unspecified atom stereocenters. The Hall–Kier alpha value is -0.280. The molecule has 3 nitrogen and oxygen atoms in total. The monoisotopic (exact) mass is 218 g/mol. The first-order valence-corrected chi connectivity index (χ1v) is 5.63. The van der Waals surface area contributed by atoms with Crippen LogP contribution in [0, 0.1) is 0 Å². The third kappa shape index (κ3) is 2.85.